The number of nitrogens with zero attached hydrogens (tertiary/aromatic N) is 2. The molecule has 0 spiro atoms. The van der Waals surface area contributed by atoms with Crippen LogP contribution in [0.3, 0.4) is 0 Å². The van der Waals surface area contributed by atoms with E-state index in [-0.39, 0.29) is 23.7 Å². The maximum Gasteiger partial charge on any atom is 0.342 e. The van der Waals surface area contributed by atoms with E-state index in [2.05, 4.69) is 16.1 Å². The second-order valence-corrected chi connectivity index (χ2v) is 5.28. The molecule has 1 heterocycles. The molecular formula is C10H13N3O4S. The molecule has 0 radical (unpaired) electrons. The molecule has 0 aromatic carbocycles. The van der Waals surface area contributed by atoms with Crippen LogP contribution in [0, 0.1) is 12.3 Å². The number of H-pyrrole nitrogens is 1. The lowest BCUT2D eigenvalue weighted by molar-refractivity contribution is 0.0521. The van der Waals surface area contributed by atoms with Crippen LogP contribution in [-0.4, -0.2) is 49.1 Å². The summed E-state index contributed by atoms with van der Waals surface area (Å²) in [5.74, 6) is 1.45. The van der Waals surface area contributed by atoms with Crippen LogP contribution in [0.4, 0.5) is 0 Å². The highest BCUT2D eigenvalue weighted by atomic mass is 32.2. The molecule has 1 N–H and O–H groups in total. The average molecular weight is 271 g/mol. The predicted octanol–water partition coefficient (Wildman–Crippen LogP) is -0.160. The highest BCUT2D eigenvalue weighted by Crippen LogP contribution is 2.16. The summed E-state index contributed by atoms with van der Waals surface area (Å²) in [7, 11) is -2.57. The van der Waals surface area contributed by atoms with Crippen molar-refractivity contribution in [1.29, 1.82) is 0 Å². The van der Waals surface area contributed by atoms with E-state index < -0.39 is 16.0 Å². The SMILES string of the molecule is C#CCN(C)S(=O)(=O)c1[nH]ncc1C(=O)OCC. The van der Waals surface area contributed by atoms with Gasteiger partial charge in [0.2, 0.25) is 0 Å². The van der Waals surface area contributed by atoms with Crippen molar-refractivity contribution in [3.63, 3.8) is 0 Å². The zero-order chi connectivity index (χ0) is 13.8. The minimum atomic E-state index is -3.88. The van der Waals surface area contributed by atoms with Gasteiger partial charge < -0.3 is 4.74 Å². The van der Waals surface area contributed by atoms with E-state index in [0.29, 0.717) is 0 Å². The lowest BCUT2D eigenvalue weighted by Gasteiger charge is -2.13. The number of sulfonamides is 1. The van der Waals surface area contributed by atoms with Crippen LogP contribution < -0.4 is 0 Å². The van der Waals surface area contributed by atoms with Crippen LogP contribution in [0.2, 0.25) is 0 Å². The fourth-order valence-corrected chi connectivity index (χ4v) is 2.33. The molecule has 0 aliphatic carbocycles. The summed E-state index contributed by atoms with van der Waals surface area (Å²) in [5, 5.41) is 5.51. The Morgan fingerprint density at radius 1 is 1.67 bits per heavy atom. The molecule has 0 fully saturated rings. The first kappa shape index (κ1) is 14.2. The van der Waals surface area contributed by atoms with Crippen molar-refractivity contribution in [3.05, 3.63) is 11.8 Å². The Morgan fingerprint density at radius 2 is 2.33 bits per heavy atom. The van der Waals surface area contributed by atoms with E-state index in [1.54, 1.807) is 6.92 Å². The van der Waals surface area contributed by atoms with Gasteiger partial charge in [-0.2, -0.15) is 9.40 Å². The van der Waals surface area contributed by atoms with Crippen LogP contribution >= 0.6 is 0 Å². The Hall–Kier alpha value is -1.85. The third-order valence-electron chi connectivity index (χ3n) is 2.08. The normalized spacial score (nSPS) is 11.2. The van der Waals surface area contributed by atoms with Gasteiger partial charge in [-0.3, -0.25) is 5.10 Å². The number of terminal acetylenes is 1. The standard InChI is InChI=1S/C10H13N3O4S/c1-4-6-13(3)18(15,16)9-8(7-11-12-9)10(14)17-5-2/h1,7H,5-6H2,2-3H3,(H,11,12). The number of nitrogens with one attached hydrogen (secondary N) is 1. The molecule has 8 heteroatoms. The Balaban J connectivity index is 3.16. The second kappa shape index (κ2) is 5.66. The molecule has 0 bridgehead atoms. The Labute approximate surface area is 105 Å². The maximum absolute atomic E-state index is 12.1. The number of hydrogen-bond donors (Lipinski definition) is 1. The lowest BCUT2D eigenvalue weighted by atomic mass is 10.4. The minimum absolute atomic E-state index is 0.108. The fourth-order valence-electron chi connectivity index (χ4n) is 1.19. The summed E-state index contributed by atoms with van der Waals surface area (Å²) >= 11 is 0. The summed E-state index contributed by atoms with van der Waals surface area (Å²) in [6.07, 6.45) is 6.16. The van der Waals surface area contributed by atoms with Gasteiger partial charge in [0.15, 0.2) is 5.03 Å². The Morgan fingerprint density at radius 3 is 2.89 bits per heavy atom. The van der Waals surface area contributed by atoms with Crippen molar-refractivity contribution >= 4 is 16.0 Å². The summed E-state index contributed by atoms with van der Waals surface area (Å²) in [4.78, 5) is 11.5. The van der Waals surface area contributed by atoms with E-state index in [4.69, 9.17) is 11.2 Å². The molecule has 0 amide bonds. The van der Waals surface area contributed by atoms with Gasteiger partial charge in [-0.1, -0.05) is 5.92 Å². The third-order valence-corrected chi connectivity index (χ3v) is 3.86. The first-order valence-corrected chi connectivity index (χ1v) is 6.49. The van der Waals surface area contributed by atoms with Gasteiger partial charge in [0.25, 0.3) is 10.0 Å². The second-order valence-electron chi connectivity index (χ2n) is 3.30. The van der Waals surface area contributed by atoms with Crippen LogP contribution in [0.25, 0.3) is 0 Å². The maximum atomic E-state index is 12.1. The van der Waals surface area contributed by atoms with Gasteiger partial charge in [-0.05, 0) is 6.92 Å². The zero-order valence-corrected chi connectivity index (χ0v) is 10.8. The molecule has 0 saturated carbocycles. The predicted molar refractivity (Wildman–Crippen MR) is 63.2 cm³/mol. The van der Waals surface area contributed by atoms with Gasteiger partial charge in [-0.25, -0.2) is 13.2 Å². The Bertz CT molecular complexity index is 570. The summed E-state index contributed by atoms with van der Waals surface area (Å²) in [6, 6.07) is 0. The topological polar surface area (TPSA) is 92.4 Å². The molecular weight excluding hydrogens is 258 g/mol. The van der Waals surface area contributed by atoms with E-state index >= 15 is 0 Å². The van der Waals surface area contributed by atoms with Gasteiger partial charge >= 0.3 is 5.97 Å². The zero-order valence-electron chi connectivity index (χ0n) is 10.0. The summed E-state index contributed by atoms with van der Waals surface area (Å²) in [5.41, 5.74) is -0.138. The third kappa shape index (κ3) is 2.69. The summed E-state index contributed by atoms with van der Waals surface area (Å²) < 4.78 is 29.8. The molecule has 1 aromatic rings. The van der Waals surface area contributed by atoms with Crippen molar-refractivity contribution in [1.82, 2.24) is 14.5 Å². The van der Waals surface area contributed by atoms with Crippen LogP contribution in [-0.2, 0) is 14.8 Å². The van der Waals surface area contributed by atoms with E-state index in [9.17, 15) is 13.2 Å². The van der Waals surface area contributed by atoms with E-state index in [1.165, 1.54) is 7.05 Å². The van der Waals surface area contributed by atoms with Crippen molar-refractivity contribution < 1.29 is 17.9 Å². The van der Waals surface area contributed by atoms with E-state index in [1.807, 2.05) is 0 Å². The lowest BCUT2D eigenvalue weighted by Crippen LogP contribution is -2.29. The van der Waals surface area contributed by atoms with Crippen molar-refractivity contribution in [2.75, 3.05) is 20.2 Å². The molecule has 0 saturated heterocycles. The van der Waals surface area contributed by atoms with Crippen LogP contribution in [0.15, 0.2) is 11.2 Å². The largest absolute Gasteiger partial charge is 0.462 e. The molecule has 1 aromatic heterocycles. The summed E-state index contributed by atoms with van der Waals surface area (Å²) in [6.45, 7) is 1.66. The van der Waals surface area contributed by atoms with Gasteiger partial charge in [0.05, 0.1) is 19.3 Å². The number of carbonyl (C=O) groups is 1. The number of rotatable bonds is 5. The quantitative estimate of drug-likeness (QED) is 0.593. The number of esters is 1. The van der Waals surface area contributed by atoms with Gasteiger partial charge in [0.1, 0.15) is 5.56 Å². The van der Waals surface area contributed by atoms with Crippen molar-refractivity contribution in [2.24, 2.45) is 0 Å². The number of aromatic amines is 1. The monoisotopic (exact) mass is 271 g/mol. The average Bonchev–Trinajstić information content (AvgIpc) is 2.79. The smallest absolute Gasteiger partial charge is 0.342 e. The highest BCUT2D eigenvalue weighted by molar-refractivity contribution is 7.89. The Kier molecular flexibility index (Phi) is 4.47. The van der Waals surface area contributed by atoms with Crippen molar-refractivity contribution in [3.8, 4) is 12.3 Å². The minimum Gasteiger partial charge on any atom is -0.462 e. The molecule has 1 rings (SSSR count). The molecule has 0 unspecified atom stereocenters. The fraction of sp³-hybridized carbons (Fsp3) is 0.400. The number of carbonyl (C=O) groups excluding carboxylic acids is 1. The van der Waals surface area contributed by atoms with Crippen LogP contribution in [0.1, 0.15) is 17.3 Å². The number of ether oxygens (including phenoxy) is 1. The first-order chi connectivity index (χ1) is 8.45. The van der Waals surface area contributed by atoms with Crippen LogP contribution in [0.5, 0.6) is 0 Å². The molecule has 0 aliphatic heterocycles. The first-order valence-electron chi connectivity index (χ1n) is 5.05. The highest BCUT2D eigenvalue weighted by Gasteiger charge is 2.29. The molecule has 98 valence electrons. The number of hydrogen-bond acceptors (Lipinski definition) is 5. The number of aromatic nitrogens is 2. The molecule has 18 heavy (non-hydrogen) atoms. The van der Waals surface area contributed by atoms with Crippen molar-refractivity contribution in [2.45, 2.75) is 11.9 Å². The molecule has 0 aliphatic rings. The van der Waals surface area contributed by atoms with Gasteiger partial charge in [-0.15, -0.1) is 6.42 Å². The van der Waals surface area contributed by atoms with Gasteiger partial charge in [0, 0.05) is 7.05 Å². The molecule has 0 atom stereocenters. The molecule has 7 nitrogen and oxygen atoms in total. The van der Waals surface area contributed by atoms with E-state index in [0.717, 1.165) is 10.5 Å².